The molecule has 1 aliphatic heterocycles. The van der Waals surface area contributed by atoms with Gasteiger partial charge < -0.3 is 15.5 Å². The van der Waals surface area contributed by atoms with E-state index in [0.29, 0.717) is 21.3 Å². The molecule has 1 heterocycles. The molecule has 0 aromatic heterocycles. The number of carbonyl (C=O) groups is 2. The summed E-state index contributed by atoms with van der Waals surface area (Å²) in [4.78, 5) is 26.4. The van der Waals surface area contributed by atoms with Crippen LogP contribution in [0.4, 0.5) is 11.4 Å². The molecule has 0 unspecified atom stereocenters. The fraction of sp³-hybridized carbons (Fsp3) is 0.300. The molecule has 1 fully saturated rings. The highest BCUT2D eigenvalue weighted by Gasteiger charge is 2.17. The number of hydrogen-bond acceptors (Lipinski definition) is 3. The highest BCUT2D eigenvalue weighted by atomic mass is 35.5. The standard InChI is InChI=1S/C20H21Cl2N3O2/c21-15-6-9-18(17(22)12-15)24-19(26)13-23-16-7-4-14(5-8-16)20(27)25-10-2-1-3-11-25/h4-9,12,23H,1-3,10-11,13H2,(H,24,26). The minimum absolute atomic E-state index is 0.0661. The van der Waals surface area contributed by atoms with E-state index in [4.69, 9.17) is 23.2 Å². The molecule has 0 aliphatic carbocycles. The van der Waals surface area contributed by atoms with Crippen molar-refractivity contribution in [1.82, 2.24) is 4.90 Å². The van der Waals surface area contributed by atoms with Crippen LogP contribution in [0.2, 0.25) is 10.0 Å². The summed E-state index contributed by atoms with van der Waals surface area (Å²) >= 11 is 11.9. The summed E-state index contributed by atoms with van der Waals surface area (Å²) in [7, 11) is 0. The van der Waals surface area contributed by atoms with Crippen molar-refractivity contribution in [2.75, 3.05) is 30.3 Å². The van der Waals surface area contributed by atoms with Crippen LogP contribution in [-0.2, 0) is 4.79 Å². The Hall–Kier alpha value is -2.24. The van der Waals surface area contributed by atoms with E-state index < -0.39 is 0 Å². The Balaban J connectivity index is 1.52. The zero-order chi connectivity index (χ0) is 19.2. The summed E-state index contributed by atoms with van der Waals surface area (Å²) < 4.78 is 0. The fourth-order valence-corrected chi connectivity index (χ4v) is 3.43. The van der Waals surface area contributed by atoms with Crippen LogP contribution in [0, 0.1) is 0 Å². The van der Waals surface area contributed by atoms with E-state index in [9.17, 15) is 9.59 Å². The van der Waals surface area contributed by atoms with E-state index in [0.717, 1.165) is 31.6 Å². The molecule has 0 bridgehead atoms. The van der Waals surface area contributed by atoms with Gasteiger partial charge in [0.1, 0.15) is 0 Å². The summed E-state index contributed by atoms with van der Waals surface area (Å²) in [5.41, 5.74) is 1.94. The number of rotatable bonds is 5. The highest BCUT2D eigenvalue weighted by Crippen LogP contribution is 2.25. The summed E-state index contributed by atoms with van der Waals surface area (Å²) in [5.74, 6) is -0.163. The monoisotopic (exact) mass is 405 g/mol. The van der Waals surface area contributed by atoms with Crippen LogP contribution in [-0.4, -0.2) is 36.3 Å². The molecule has 0 radical (unpaired) electrons. The lowest BCUT2D eigenvalue weighted by Crippen LogP contribution is -2.35. The van der Waals surface area contributed by atoms with Crippen molar-refractivity contribution in [3.63, 3.8) is 0 Å². The summed E-state index contributed by atoms with van der Waals surface area (Å²) in [6.07, 6.45) is 3.33. The van der Waals surface area contributed by atoms with Crippen molar-refractivity contribution in [3.05, 3.63) is 58.1 Å². The van der Waals surface area contributed by atoms with Crippen LogP contribution in [0.25, 0.3) is 0 Å². The van der Waals surface area contributed by atoms with Crippen molar-refractivity contribution >= 4 is 46.4 Å². The Morgan fingerprint density at radius 1 is 0.963 bits per heavy atom. The maximum atomic E-state index is 12.5. The van der Waals surface area contributed by atoms with Gasteiger partial charge >= 0.3 is 0 Å². The van der Waals surface area contributed by atoms with E-state index in [1.54, 1.807) is 42.5 Å². The molecule has 5 nitrogen and oxygen atoms in total. The SMILES string of the molecule is O=C(CNc1ccc(C(=O)N2CCCCC2)cc1)Nc1ccc(Cl)cc1Cl. The molecule has 7 heteroatoms. The predicted octanol–water partition coefficient (Wildman–Crippen LogP) is 4.67. The first kappa shape index (κ1) is 19.5. The number of halogens is 2. The first-order chi connectivity index (χ1) is 13.0. The number of carbonyl (C=O) groups excluding carboxylic acids is 2. The molecule has 142 valence electrons. The Morgan fingerprint density at radius 3 is 2.33 bits per heavy atom. The van der Waals surface area contributed by atoms with Crippen molar-refractivity contribution in [2.24, 2.45) is 0 Å². The fourth-order valence-electron chi connectivity index (χ4n) is 2.98. The number of amides is 2. The Bertz CT molecular complexity index is 818. The molecule has 27 heavy (non-hydrogen) atoms. The van der Waals surface area contributed by atoms with Crippen LogP contribution in [0.3, 0.4) is 0 Å². The number of anilines is 2. The molecule has 0 saturated carbocycles. The number of nitrogens with zero attached hydrogens (tertiary/aromatic N) is 1. The third-order valence-corrected chi connectivity index (χ3v) is 4.98. The summed E-state index contributed by atoms with van der Waals surface area (Å²) in [6.45, 7) is 1.73. The van der Waals surface area contributed by atoms with Crippen LogP contribution in [0.15, 0.2) is 42.5 Å². The lowest BCUT2D eigenvalue weighted by molar-refractivity contribution is -0.114. The third-order valence-electron chi connectivity index (χ3n) is 4.43. The summed E-state index contributed by atoms with van der Waals surface area (Å²) in [5, 5.41) is 6.66. The van der Waals surface area contributed by atoms with Gasteiger partial charge in [-0.15, -0.1) is 0 Å². The van der Waals surface area contributed by atoms with E-state index in [1.165, 1.54) is 6.42 Å². The molecule has 0 spiro atoms. The first-order valence-corrected chi connectivity index (χ1v) is 9.66. The van der Waals surface area contributed by atoms with Crippen LogP contribution in [0.5, 0.6) is 0 Å². The average Bonchev–Trinajstić information content (AvgIpc) is 2.69. The molecule has 2 aromatic carbocycles. The van der Waals surface area contributed by atoms with Crippen molar-refractivity contribution in [1.29, 1.82) is 0 Å². The lowest BCUT2D eigenvalue weighted by Gasteiger charge is -2.26. The number of nitrogens with one attached hydrogen (secondary N) is 2. The Morgan fingerprint density at radius 2 is 1.67 bits per heavy atom. The predicted molar refractivity (Wildman–Crippen MR) is 110 cm³/mol. The van der Waals surface area contributed by atoms with E-state index in [2.05, 4.69) is 10.6 Å². The average molecular weight is 406 g/mol. The zero-order valence-electron chi connectivity index (χ0n) is 14.8. The third kappa shape index (κ3) is 5.37. The highest BCUT2D eigenvalue weighted by molar-refractivity contribution is 6.36. The molecular formula is C20H21Cl2N3O2. The Labute approximate surface area is 168 Å². The van der Waals surface area contributed by atoms with Crippen molar-refractivity contribution in [2.45, 2.75) is 19.3 Å². The van der Waals surface area contributed by atoms with Crippen LogP contribution >= 0.6 is 23.2 Å². The maximum Gasteiger partial charge on any atom is 0.253 e. The molecule has 0 atom stereocenters. The largest absolute Gasteiger partial charge is 0.376 e. The van der Waals surface area contributed by atoms with Gasteiger partial charge in [-0.1, -0.05) is 23.2 Å². The van der Waals surface area contributed by atoms with Gasteiger partial charge in [0.05, 0.1) is 17.3 Å². The smallest absolute Gasteiger partial charge is 0.253 e. The van der Waals surface area contributed by atoms with Gasteiger partial charge in [0.25, 0.3) is 5.91 Å². The second-order valence-corrected chi connectivity index (χ2v) is 7.30. The zero-order valence-corrected chi connectivity index (χ0v) is 16.3. The van der Waals surface area contributed by atoms with E-state index >= 15 is 0 Å². The number of likely N-dealkylation sites (tertiary alicyclic amines) is 1. The molecular weight excluding hydrogens is 385 g/mol. The molecule has 1 saturated heterocycles. The van der Waals surface area contributed by atoms with Gasteiger partial charge in [0.15, 0.2) is 0 Å². The van der Waals surface area contributed by atoms with Crippen LogP contribution in [0.1, 0.15) is 29.6 Å². The Kier molecular flexibility index (Phi) is 6.58. The minimum Gasteiger partial charge on any atom is -0.376 e. The van der Waals surface area contributed by atoms with Gasteiger partial charge in [-0.3, -0.25) is 9.59 Å². The second kappa shape index (κ2) is 9.11. The van der Waals surface area contributed by atoms with Gasteiger partial charge in [-0.05, 0) is 61.7 Å². The van der Waals surface area contributed by atoms with E-state index in [-0.39, 0.29) is 18.4 Å². The molecule has 2 N–H and O–H groups in total. The van der Waals surface area contributed by atoms with E-state index in [1.807, 2.05) is 4.90 Å². The van der Waals surface area contributed by atoms with Crippen molar-refractivity contribution in [3.8, 4) is 0 Å². The number of hydrogen-bond donors (Lipinski definition) is 2. The minimum atomic E-state index is -0.229. The second-order valence-electron chi connectivity index (χ2n) is 6.46. The van der Waals surface area contributed by atoms with Gasteiger partial charge in [-0.2, -0.15) is 0 Å². The maximum absolute atomic E-state index is 12.5. The van der Waals surface area contributed by atoms with Crippen LogP contribution < -0.4 is 10.6 Å². The molecule has 2 amide bonds. The van der Waals surface area contributed by atoms with Crippen molar-refractivity contribution < 1.29 is 9.59 Å². The number of benzene rings is 2. The normalized spacial score (nSPS) is 13.9. The van der Waals surface area contributed by atoms with Gasteiger partial charge in [0.2, 0.25) is 5.91 Å². The molecule has 3 rings (SSSR count). The quantitative estimate of drug-likeness (QED) is 0.759. The summed E-state index contributed by atoms with van der Waals surface area (Å²) in [6, 6.07) is 12.1. The topological polar surface area (TPSA) is 61.4 Å². The molecule has 1 aliphatic rings. The van der Waals surface area contributed by atoms with Gasteiger partial charge in [0, 0.05) is 29.4 Å². The van der Waals surface area contributed by atoms with Gasteiger partial charge in [-0.25, -0.2) is 0 Å². The lowest BCUT2D eigenvalue weighted by atomic mass is 10.1. The first-order valence-electron chi connectivity index (χ1n) is 8.91. The number of piperidine rings is 1. The molecule has 2 aromatic rings.